The number of aromatic nitrogens is 2. The molecule has 0 amide bonds. The summed E-state index contributed by atoms with van der Waals surface area (Å²) in [5.74, 6) is 1.11. The van der Waals surface area contributed by atoms with Crippen LogP contribution in [0.1, 0.15) is 28.3 Å². The van der Waals surface area contributed by atoms with Gasteiger partial charge in [0, 0.05) is 11.3 Å². The molecule has 1 aromatic carbocycles. The summed E-state index contributed by atoms with van der Waals surface area (Å²) in [5, 5.41) is 10.2. The molecular formula is C15H15N3OS. The summed E-state index contributed by atoms with van der Waals surface area (Å²) in [6, 6.07) is 13.6. The minimum atomic E-state index is -0.362. The number of thiophene rings is 1. The summed E-state index contributed by atoms with van der Waals surface area (Å²) in [4.78, 5) is 1.32. The van der Waals surface area contributed by atoms with Crippen LogP contribution in [-0.2, 0) is 12.8 Å². The SMILES string of the molecule is NC(c1ccccc1)c1nnc(CCc2cccs2)o1. The topological polar surface area (TPSA) is 64.9 Å². The molecule has 0 aliphatic heterocycles. The smallest absolute Gasteiger partial charge is 0.237 e. The average molecular weight is 285 g/mol. The van der Waals surface area contributed by atoms with Gasteiger partial charge in [-0.1, -0.05) is 36.4 Å². The standard InChI is InChI=1S/C15H15N3OS/c16-14(11-5-2-1-3-6-11)15-18-17-13(19-15)9-8-12-7-4-10-20-12/h1-7,10,14H,8-9,16H2. The van der Waals surface area contributed by atoms with E-state index < -0.39 is 0 Å². The molecule has 102 valence electrons. The second-order valence-electron chi connectivity index (χ2n) is 4.50. The van der Waals surface area contributed by atoms with Crippen LogP contribution in [0.25, 0.3) is 0 Å². The average Bonchev–Trinajstić information content (AvgIpc) is 3.17. The van der Waals surface area contributed by atoms with Crippen LogP contribution in [0.4, 0.5) is 0 Å². The Kier molecular flexibility index (Phi) is 3.90. The molecular weight excluding hydrogens is 270 g/mol. The molecule has 0 spiro atoms. The molecule has 2 N–H and O–H groups in total. The molecule has 1 unspecified atom stereocenters. The van der Waals surface area contributed by atoms with E-state index in [1.165, 1.54) is 4.88 Å². The van der Waals surface area contributed by atoms with Gasteiger partial charge in [0.25, 0.3) is 0 Å². The van der Waals surface area contributed by atoms with Gasteiger partial charge >= 0.3 is 0 Å². The Morgan fingerprint density at radius 2 is 1.90 bits per heavy atom. The van der Waals surface area contributed by atoms with Gasteiger partial charge in [0.05, 0.1) is 0 Å². The predicted octanol–water partition coefficient (Wildman–Crippen LogP) is 2.96. The molecule has 1 atom stereocenters. The van der Waals surface area contributed by atoms with Crippen molar-refractivity contribution in [1.82, 2.24) is 10.2 Å². The van der Waals surface area contributed by atoms with E-state index in [2.05, 4.69) is 21.6 Å². The molecule has 20 heavy (non-hydrogen) atoms. The van der Waals surface area contributed by atoms with Crippen molar-refractivity contribution in [2.75, 3.05) is 0 Å². The van der Waals surface area contributed by atoms with E-state index in [9.17, 15) is 0 Å². The van der Waals surface area contributed by atoms with Gasteiger partial charge in [-0.05, 0) is 23.4 Å². The highest BCUT2D eigenvalue weighted by Crippen LogP contribution is 2.19. The van der Waals surface area contributed by atoms with Gasteiger partial charge in [0.15, 0.2) is 0 Å². The predicted molar refractivity (Wildman–Crippen MR) is 78.5 cm³/mol. The van der Waals surface area contributed by atoms with Crippen molar-refractivity contribution in [3.05, 3.63) is 70.1 Å². The molecule has 3 aromatic rings. The van der Waals surface area contributed by atoms with E-state index in [4.69, 9.17) is 10.2 Å². The van der Waals surface area contributed by atoms with Gasteiger partial charge in [0.1, 0.15) is 6.04 Å². The highest BCUT2D eigenvalue weighted by molar-refractivity contribution is 7.09. The third kappa shape index (κ3) is 2.95. The van der Waals surface area contributed by atoms with Crippen molar-refractivity contribution in [2.24, 2.45) is 5.73 Å². The zero-order valence-corrected chi connectivity index (χ0v) is 11.7. The van der Waals surface area contributed by atoms with Crippen molar-refractivity contribution in [3.8, 4) is 0 Å². The quantitative estimate of drug-likeness (QED) is 0.782. The van der Waals surface area contributed by atoms with Crippen LogP contribution in [-0.4, -0.2) is 10.2 Å². The molecule has 0 fully saturated rings. The molecule has 2 heterocycles. The van der Waals surface area contributed by atoms with Gasteiger partial charge in [-0.2, -0.15) is 0 Å². The summed E-state index contributed by atoms with van der Waals surface area (Å²) in [7, 11) is 0. The van der Waals surface area contributed by atoms with Gasteiger partial charge in [-0.3, -0.25) is 0 Å². The molecule has 4 nitrogen and oxygen atoms in total. The Balaban J connectivity index is 1.67. The van der Waals surface area contributed by atoms with Gasteiger partial charge in [0.2, 0.25) is 11.8 Å². The first-order chi connectivity index (χ1) is 9.83. The number of aryl methyl sites for hydroxylation is 2. The van der Waals surface area contributed by atoms with Gasteiger partial charge < -0.3 is 10.2 Å². The first-order valence-electron chi connectivity index (χ1n) is 6.48. The lowest BCUT2D eigenvalue weighted by molar-refractivity contribution is 0.434. The largest absolute Gasteiger partial charge is 0.423 e. The number of hydrogen-bond acceptors (Lipinski definition) is 5. The summed E-state index contributed by atoms with van der Waals surface area (Å²) in [6.45, 7) is 0. The zero-order chi connectivity index (χ0) is 13.8. The van der Waals surface area contributed by atoms with Crippen LogP contribution < -0.4 is 5.73 Å². The molecule has 3 rings (SSSR count). The van der Waals surface area contributed by atoms with Crippen LogP contribution in [0.15, 0.2) is 52.3 Å². The Morgan fingerprint density at radius 3 is 2.65 bits per heavy atom. The molecule has 0 aliphatic rings. The maximum Gasteiger partial charge on any atom is 0.237 e. The molecule has 0 aliphatic carbocycles. The van der Waals surface area contributed by atoms with E-state index >= 15 is 0 Å². The number of benzene rings is 1. The number of nitrogens with zero attached hydrogens (tertiary/aromatic N) is 2. The van der Waals surface area contributed by atoms with E-state index in [0.717, 1.165) is 18.4 Å². The molecule has 2 aromatic heterocycles. The summed E-state index contributed by atoms with van der Waals surface area (Å²) in [6.07, 6.45) is 1.66. The summed E-state index contributed by atoms with van der Waals surface area (Å²) < 4.78 is 5.66. The second-order valence-corrected chi connectivity index (χ2v) is 5.53. The monoisotopic (exact) mass is 285 g/mol. The third-order valence-corrected chi connectivity index (χ3v) is 4.01. The zero-order valence-electron chi connectivity index (χ0n) is 10.9. The normalized spacial score (nSPS) is 12.4. The molecule has 0 saturated carbocycles. The first kappa shape index (κ1) is 13.0. The van der Waals surface area contributed by atoms with Crippen LogP contribution in [0.5, 0.6) is 0 Å². The molecule has 0 saturated heterocycles. The van der Waals surface area contributed by atoms with Crippen LogP contribution in [0.3, 0.4) is 0 Å². The minimum absolute atomic E-state index is 0.362. The third-order valence-electron chi connectivity index (χ3n) is 3.07. The van der Waals surface area contributed by atoms with Crippen molar-refractivity contribution in [1.29, 1.82) is 0 Å². The summed E-state index contributed by atoms with van der Waals surface area (Å²) in [5.41, 5.74) is 7.10. The number of rotatable bonds is 5. The Hall–Kier alpha value is -1.98. The van der Waals surface area contributed by atoms with Crippen LogP contribution >= 0.6 is 11.3 Å². The van der Waals surface area contributed by atoms with Crippen molar-refractivity contribution in [2.45, 2.75) is 18.9 Å². The molecule has 0 bridgehead atoms. The highest BCUT2D eigenvalue weighted by Gasteiger charge is 2.16. The lowest BCUT2D eigenvalue weighted by Crippen LogP contribution is -2.11. The fourth-order valence-electron chi connectivity index (χ4n) is 1.98. The Bertz CT molecular complexity index is 649. The van der Waals surface area contributed by atoms with Gasteiger partial charge in [-0.25, -0.2) is 0 Å². The van der Waals surface area contributed by atoms with E-state index in [0.29, 0.717) is 11.8 Å². The van der Waals surface area contributed by atoms with Gasteiger partial charge in [-0.15, -0.1) is 21.5 Å². The lowest BCUT2D eigenvalue weighted by atomic mass is 10.1. The Labute approximate surface area is 121 Å². The maximum absolute atomic E-state index is 6.13. The second kappa shape index (κ2) is 5.98. The van der Waals surface area contributed by atoms with Crippen LogP contribution in [0.2, 0.25) is 0 Å². The fraction of sp³-hybridized carbons (Fsp3) is 0.200. The van der Waals surface area contributed by atoms with E-state index in [-0.39, 0.29) is 6.04 Å². The molecule has 5 heteroatoms. The van der Waals surface area contributed by atoms with Crippen LogP contribution in [0, 0.1) is 0 Å². The van der Waals surface area contributed by atoms with E-state index in [1.807, 2.05) is 36.4 Å². The summed E-state index contributed by atoms with van der Waals surface area (Å²) >= 11 is 1.74. The minimum Gasteiger partial charge on any atom is -0.423 e. The first-order valence-corrected chi connectivity index (χ1v) is 7.36. The number of nitrogens with two attached hydrogens (primary N) is 1. The highest BCUT2D eigenvalue weighted by atomic mass is 32.1. The van der Waals surface area contributed by atoms with Crippen molar-refractivity contribution in [3.63, 3.8) is 0 Å². The molecule has 0 radical (unpaired) electrons. The van der Waals surface area contributed by atoms with Crippen molar-refractivity contribution < 1.29 is 4.42 Å². The fourth-order valence-corrected chi connectivity index (χ4v) is 2.69. The maximum atomic E-state index is 6.13. The van der Waals surface area contributed by atoms with E-state index in [1.54, 1.807) is 11.3 Å². The lowest BCUT2D eigenvalue weighted by Gasteiger charge is -2.06. The Morgan fingerprint density at radius 1 is 1.05 bits per heavy atom. The number of hydrogen-bond donors (Lipinski definition) is 1. The van der Waals surface area contributed by atoms with Crippen molar-refractivity contribution >= 4 is 11.3 Å².